The molecule has 1 N–H and O–H groups in total. The molecule has 0 bridgehead atoms. The lowest BCUT2D eigenvalue weighted by Crippen LogP contribution is -2.38. The first-order chi connectivity index (χ1) is 13.4. The maximum Gasteiger partial charge on any atom is 0.433 e. The van der Waals surface area contributed by atoms with Crippen LogP contribution in [0.5, 0.6) is 0 Å². The highest BCUT2D eigenvalue weighted by molar-refractivity contribution is 5.29. The van der Waals surface area contributed by atoms with E-state index >= 15 is 0 Å². The molecule has 28 heavy (non-hydrogen) atoms. The second kappa shape index (κ2) is 7.03. The van der Waals surface area contributed by atoms with E-state index in [1.54, 1.807) is 18.5 Å². The van der Waals surface area contributed by atoms with Crippen LogP contribution in [0.4, 0.5) is 19.1 Å². The number of halogens is 3. The van der Waals surface area contributed by atoms with Gasteiger partial charge in [0.05, 0.1) is 19.3 Å². The number of hydrogen-bond donors (Lipinski definition) is 1. The van der Waals surface area contributed by atoms with Gasteiger partial charge in [0.15, 0.2) is 5.82 Å². The Labute approximate surface area is 155 Å². The van der Waals surface area contributed by atoms with Gasteiger partial charge < -0.3 is 10.1 Å². The predicted molar refractivity (Wildman–Crippen MR) is 89.9 cm³/mol. The Kier molecular flexibility index (Phi) is 4.55. The molecule has 1 aliphatic rings. The Morgan fingerprint density at radius 1 is 1.18 bits per heavy atom. The number of nitrogens with one attached hydrogen (secondary N) is 1. The zero-order valence-electron chi connectivity index (χ0n) is 14.2. The van der Waals surface area contributed by atoms with Gasteiger partial charge in [0, 0.05) is 24.7 Å². The van der Waals surface area contributed by atoms with E-state index in [2.05, 4.69) is 25.5 Å². The van der Waals surface area contributed by atoms with Gasteiger partial charge in [-0.1, -0.05) is 0 Å². The number of rotatable bonds is 4. The minimum absolute atomic E-state index is 0.157. The third-order valence-corrected chi connectivity index (χ3v) is 4.18. The second-order valence-corrected chi connectivity index (χ2v) is 6.04. The first-order valence-corrected chi connectivity index (χ1v) is 8.26. The largest absolute Gasteiger partial charge is 0.433 e. The van der Waals surface area contributed by atoms with E-state index in [0.717, 1.165) is 12.3 Å². The molecule has 0 saturated carbocycles. The average molecular weight is 393 g/mol. The topological polar surface area (TPSA) is 99.8 Å². The summed E-state index contributed by atoms with van der Waals surface area (Å²) in [7, 11) is 0. The fraction of sp³-hybridized carbons (Fsp3) is 0.312. The number of nitrogens with zero attached hydrogens (tertiary/aromatic N) is 6. The monoisotopic (exact) mass is 393 g/mol. The van der Waals surface area contributed by atoms with Crippen LogP contribution in [0.15, 0.2) is 47.7 Å². The van der Waals surface area contributed by atoms with Crippen molar-refractivity contribution >= 4 is 5.95 Å². The highest BCUT2D eigenvalue weighted by Gasteiger charge is 2.35. The Morgan fingerprint density at radius 3 is 2.79 bits per heavy atom. The summed E-state index contributed by atoms with van der Waals surface area (Å²) in [5.41, 5.74) is -1.43. The molecule has 4 rings (SSSR count). The van der Waals surface area contributed by atoms with Gasteiger partial charge in [-0.2, -0.15) is 18.3 Å². The van der Waals surface area contributed by atoms with E-state index in [1.807, 2.05) is 0 Å². The molecule has 0 amide bonds. The van der Waals surface area contributed by atoms with Crippen LogP contribution in [-0.2, 0) is 10.9 Å². The molecule has 3 aromatic heterocycles. The van der Waals surface area contributed by atoms with E-state index < -0.39 is 24.0 Å². The molecule has 1 fully saturated rings. The molecular weight excluding hydrogens is 379 g/mol. The molecule has 0 spiro atoms. The molecule has 4 heterocycles. The normalized spacial score (nSPS) is 19.7. The molecule has 1 saturated heterocycles. The van der Waals surface area contributed by atoms with Gasteiger partial charge in [-0.15, -0.1) is 5.10 Å². The molecule has 2 unspecified atom stereocenters. The summed E-state index contributed by atoms with van der Waals surface area (Å²) in [6, 6.07) is 4.28. The number of ether oxygens (including phenoxy) is 1. The molecule has 3 aromatic rings. The molecule has 0 aromatic carbocycles. The lowest BCUT2D eigenvalue weighted by Gasteiger charge is -2.20. The van der Waals surface area contributed by atoms with Crippen molar-refractivity contribution in [2.45, 2.75) is 18.3 Å². The minimum atomic E-state index is -4.58. The molecule has 1 aliphatic heterocycles. The third kappa shape index (κ3) is 3.58. The summed E-state index contributed by atoms with van der Waals surface area (Å²) < 4.78 is 46.7. The number of hydrogen-bond acceptors (Lipinski definition) is 7. The summed E-state index contributed by atoms with van der Waals surface area (Å²) in [6.07, 6.45) is -0.313. The first-order valence-electron chi connectivity index (χ1n) is 8.26. The highest BCUT2D eigenvalue weighted by atomic mass is 19.4. The van der Waals surface area contributed by atoms with Gasteiger partial charge in [0.2, 0.25) is 5.95 Å². The highest BCUT2D eigenvalue weighted by Crippen LogP contribution is 2.28. The van der Waals surface area contributed by atoms with E-state index in [-0.39, 0.29) is 24.7 Å². The molecular formula is C16H14F3N7O2. The zero-order valence-corrected chi connectivity index (χ0v) is 14.2. The van der Waals surface area contributed by atoms with Crippen molar-refractivity contribution in [3.8, 4) is 5.82 Å². The lowest BCUT2D eigenvalue weighted by molar-refractivity contribution is -0.141. The van der Waals surface area contributed by atoms with Gasteiger partial charge in [0.25, 0.3) is 5.56 Å². The standard InChI is InChI=1S/C16H14F3N7O2/c17-16(18,19)12-4-6-20-15(23-12)22-10-8-28-9-11(10)26-14(27)3-2-13(24-26)25-7-1-5-21-25/h1-7,10-11H,8-9H2,(H,20,22,23). The average Bonchev–Trinajstić information content (AvgIpc) is 3.34. The van der Waals surface area contributed by atoms with Crippen molar-refractivity contribution in [1.82, 2.24) is 29.5 Å². The van der Waals surface area contributed by atoms with Crippen molar-refractivity contribution in [1.29, 1.82) is 0 Å². The molecule has 9 nitrogen and oxygen atoms in total. The Morgan fingerprint density at radius 2 is 2.04 bits per heavy atom. The Balaban J connectivity index is 1.61. The van der Waals surface area contributed by atoms with Crippen LogP contribution in [0.3, 0.4) is 0 Å². The van der Waals surface area contributed by atoms with E-state index in [0.29, 0.717) is 5.82 Å². The fourth-order valence-corrected chi connectivity index (χ4v) is 2.85. The van der Waals surface area contributed by atoms with Crippen LogP contribution in [0.2, 0.25) is 0 Å². The summed E-state index contributed by atoms with van der Waals surface area (Å²) in [6.45, 7) is 0.316. The maximum absolute atomic E-state index is 12.8. The van der Waals surface area contributed by atoms with Crippen molar-refractivity contribution in [3.05, 3.63) is 58.9 Å². The van der Waals surface area contributed by atoms with Gasteiger partial charge in [0.1, 0.15) is 11.7 Å². The van der Waals surface area contributed by atoms with Crippen LogP contribution >= 0.6 is 0 Å². The number of alkyl halides is 3. The van der Waals surface area contributed by atoms with Gasteiger partial charge in [-0.25, -0.2) is 19.3 Å². The van der Waals surface area contributed by atoms with E-state index in [1.165, 1.54) is 21.5 Å². The summed E-state index contributed by atoms with van der Waals surface area (Å²) >= 11 is 0. The van der Waals surface area contributed by atoms with Crippen LogP contribution < -0.4 is 10.9 Å². The lowest BCUT2D eigenvalue weighted by atomic mass is 10.2. The molecule has 0 aliphatic carbocycles. The molecule has 146 valence electrons. The predicted octanol–water partition coefficient (Wildman–Crippen LogP) is 1.29. The van der Waals surface area contributed by atoms with Crippen LogP contribution in [0.1, 0.15) is 11.7 Å². The maximum atomic E-state index is 12.8. The van der Waals surface area contributed by atoms with E-state index in [9.17, 15) is 18.0 Å². The SMILES string of the molecule is O=c1ccc(-n2cccn2)nn1C1COCC1Nc1nccc(C(F)(F)F)n1. The third-order valence-electron chi connectivity index (χ3n) is 4.18. The second-order valence-electron chi connectivity index (χ2n) is 6.04. The van der Waals surface area contributed by atoms with Crippen molar-refractivity contribution in [2.75, 3.05) is 18.5 Å². The Bertz CT molecular complexity index is 1020. The number of anilines is 1. The van der Waals surface area contributed by atoms with Crippen LogP contribution in [0, 0.1) is 0 Å². The van der Waals surface area contributed by atoms with Crippen LogP contribution in [0.25, 0.3) is 5.82 Å². The zero-order chi connectivity index (χ0) is 19.7. The van der Waals surface area contributed by atoms with Crippen molar-refractivity contribution in [3.63, 3.8) is 0 Å². The first kappa shape index (κ1) is 18.1. The summed E-state index contributed by atoms with van der Waals surface area (Å²) in [4.78, 5) is 19.6. The molecule has 12 heteroatoms. The fourth-order valence-electron chi connectivity index (χ4n) is 2.85. The quantitative estimate of drug-likeness (QED) is 0.713. The Hall–Kier alpha value is -3.28. The summed E-state index contributed by atoms with van der Waals surface area (Å²) in [5, 5.41) is 11.2. The van der Waals surface area contributed by atoms with Crippen molar-refractivity contribution < 1.29 is 17.9 Å². The van der Waals surface area contributed by atoms with Crippen molar-refractivity contribution in [2.24, 2.45) is 0 Å². The van der Waals surface area contributed by atoms with Gasteiger partial charge >= 0.3 is 6.18 Å². The molecule has 2 atom stereocenters. The summed E-state index contributed by atoms with van der Waals surface area (Å²) in [5.74, 6) is 0.220. The van der Waals surface area contributed by atoms with E-state index in [4.69, 9.17) is 4.74 Å². The van der Waals surface area contributed by atoms with Gasteiger partial charge in [-0.05, 0) is 18.2 Å². The molecule has 0 radical (unpaired) electrons. The van der Waals surface area contributed by atoms with Gasteiger partial charge in [-0.3, -0.25) is 4.79 Å². The number of aromatic nitrogens is 6. The minimum Gasteiger partial charge on any atom is -0.377 e. The smallest absolute Gasteiger partial charge is 0.377 e. The van der Waals surface area contributed by atoms with Crippen LogP contribution in [-0.4, -0.2) is 48.8 Å².